The van der Waals surface area contributed by atoms with Crippen molar-refractivity contribution in [1.82, 2.24) is 19.7 Å². The minimum Gasteiger partial charge on any atom is -0.464 e. The number of furan rings is 1. The summed E-state index contributed by atoms with van der Waals surface area (Å²) in [6.07, 6.45) is 3.29. The lowest BCUT2D eigenvalue weighted by atomic mass is 9.90. The number of fused-ring (bicyclic) bond motifs is 2. The van der Waals surface area contributed by atoms with E-state index in [1.165, 1.54) is 6.26 Å². The molecule has 1 atom stereocenters. The van der Waals surface area contributed by atoms with Crippen molar-refractivity contribution in [3.8, 4) is 0 Å². The maximum atomic E-state index is 13.3. The van der Waals surface area contributed by atoms with Gasteiger partial charge in [0.05, 0.1) is 34.8 Å². The lowest BCUT2D eigenvalue weighted by Crippen LogP contribution is -2.47. The van der Waals surface area contributed by atoms with Gasteiger partial charge in [-0.05, 0) is 70.5 Å². The van der Waals surface area contributed by atoms with E-state index in [-0.39, 0.29) is 48.2 Å². The second-order valence-electron chi connectivity index (χ2n) is 11.0. The van der Waals surface area contributed by atoms with Crippen LogP contribution in [0.2, 0.25) is 0 Å². The molecule has 0 radical (unpaired) electrons. The highest BCUT2D eigenvalue weighted by molar-refractivity contribution is 6.19. The molecular formula is C30H38Cl2N6O4. The highest BCUT2D eigenvalue weighted by atomic mass is 35.5. The predicted octanol–water partition coefficient (Wildman–Crippen LogP) is 5.09. The summed E-state index contributed by atoms with van der Waals surface area (Å²) in [6, 6.07) is 11.4. The smallest absolute Gasteiger partial charge is 0.261 e. The third-order valence-electron chi connectivity index (χ3n) is 7.93. The van der Waals surface area contributed by atoms with E-state index in [1.807, 2.05) is 44.2 Å². The average Bonchev–Trinajstić information content (AvgIpc) is 3.60. The summed E-state index contributed by atoms with van der Waals surface area (Å²) >= 11 is 0. The highest BCUT2D eigenvalue weighted by Gasteiger charge is 2.45. The van der Waals surface area contributed by atoms with Gasteiger partial charge in [0.2, 0.25) is 11.8 Å². The quantitative estimate of drug-likeness (QED) is 0.276. The zero-order valence-electron chi connectivity index (χ0n) is 24.7. The van der Waals surface area contributed by atoms with E-state index in [0.717, 1.165) is 22.6 Å². The lowest BCUT2D eigenvalue weighted by Gasteiger charge is -2.29. The van der Waals surface area contributed by atoms with Crippen LogP contribution in [0.1, 0.15) is 50.7 Å². The molecular weight excluding hydrogens is 579 g/mol. The van der Waals surface area contributed by atoms with Crippen LogP contribution in [-0.4, -0.2) is 51.6 Å². The van der Waals surface area contributed by atoms with Crippen molar-refractivity contribution in [2.24, 2.45) is 5.41 Å². The number of aromatic amines is 1. The van der Waals surface area contributed by atoms with Gasteiger partial charge in [0.1, 0.15) is 11.0 Å². The Hall–Kier alpha value is -3.60. The Morgan fingerprint density at radius 2 is 1.79 bits per heavy atom. The Bertz CT molecular complexity index is 1640. The standard InChI is InChI=1S/C30H36N6O4.2ClH/c1-7-36-24-9-8-21(17-25(24)33(6)28(38)30(4,5)29(36)39)18-35(20(3)23-16-19(2)31-32-23)14-13-34-12-10-26-22(27(34)37)11-15-40-26;;/h8-12,15-17,20H,7,13-14,18H2,1-6H3,(H,31,32);2*1H. The minimum absolute atomic E-state index is 0. The third kappa shape index (κ3) is 5.84. The number of aromatic nitrogens is 3. The Labute approximate surface area is 257 Å². The summed E-state index contributed by atoms with van der Waals surface area (Å²) in [5, 5.41) is 8.07. The van der Waals surface area contributed by atoms with E-state index < -0.39 is 5.41 Å². The molecule has 4 heterocycles. The average molecular weight is 618 g/mol. The summed E-state index contributed by atoms with van der Waals surface area (Å²) in [6.45, 7) is 11.4. The number of amides is 2. The number of pyridine rings is 1. The molecule has 1 aromatic carbocycles. The van der Waals surface area contributed by atoms with Crippen LogP contribution >= 0.6 is 24.8 Å². The van der Waals surface area contributed by atoms with Gasteiger partial charge in [-0.3, -0.25) is 24.4 Å². The van der Waals surface area contributed by atoms with Crippen LogP contribution in [-0.2, 0) is 22.7 Å². The van der Waals surface area contributed by atoms with Crippen LogP contribution in [0, 0.1) is 12.3 Å². The van der Waals surface area contributed by atoms with Crippen molar-refractivity contribution in [2.45, 2.75) is 53.8 Å². The maximum Gasteiger partial charge on any atom is 0.261 e. The molecule has 5 rings (SSSR count). The van der Waals surface area contributed by atoms with Gasteiger partial charge in [0.25, 0.3) is 5.56 Å². The van der Waals surface area contributed by atoms with E-state index in [2.05, 4.69) is 22.0 Å². The number of halogens is 2. The van der Waals surface area contributed by atoms with Crippen molar-refractivity contribution in [2.75, 3.05) is 29.9 Å². The molecule has 0 saturated carbocycles. The molecule has 1 aliphatic rings. The summed E-state index contributed by atoms with van der Waals surface area (Å²) in [4.78, 5) is 45.1. The number of nitrogens with zero attached hydrogens (tertiary/aromatic N) is 5. The molecule has 12 heteroatoms. The number of carbonyl (C=O) groups is 2. The van der Waals surface area contributed by atoms with Crippen LogP contribution in [0.4, 0.5) is 11.4 Å². The van der Waals surface area contributed by atoms with E-state index in [9.17, 15) is 14.4 Å². The van der Waals surface area contributed by atoms with Gasteiger partial charge in [0.15, 0.2) is 0 Å². The van der Waals surface area contributed by atoms with Gasteiger partial charge < -0.3 is 18.8 Å². The first-order chi connectivity index (χ1) is 19.0. The van der Waals surface area contributed by atoms with Gasteiger partial charge in [-0.1, -0.05) is 6.07 Å². The SMILES string of the molecule is CCN1C(=O)C(C)(C)C(=O)N(C)c2cc(CN(CCn3ccc4occc4c3=O)C(C)c3cc(C)[nH]n3)ccc21.Cl.Cl. The molecule has 2 amide bonds. The van der Waals surface area contributed by atoms with Crippen LogP contribution in [0.25, 0.3) is 11.0 Å². The number of nitrogens with one attached hydrogen (secondary N) is 1. The Kier molecular flexibility index (Phi) is 9.97. The Morgan fingerprint density at radius 1 is 1.05 bits per heavy atom. The number of aryl methyl sites for hydroxylation is 1. The summed E-state index contributed by atoms with van der Waals surface area (Å²) in [7, 11) is 1.73. The predicted molar refractivity (Wildman–Crippen MR) is 169 cm³/mol. The monoisotopic (exact) mass is 616 g/mol. The zero-order chi connectivity index (χ0) is 28.8. The van der Waals surface area contributed by atoms with Crippen molar-refractivity contribution in [1.29, 1.82) is 0 Å². The van der Waals surface area contributed by atoms with Crippen molar-refractivity contribution in [3.05, 3.63) is 76.2 Å². The molecule has 1 aliphatic heterocycles. The summed E-state index contributed by atoms with van der Waals surface area (Å²) in [5.74, 6) is -0.444. The number of anilines is 2. The lowest BCUT2D eigenvalue weighted by molar-refractivity contribution is -0.137. The van der Waals surface area contributed by atoms with Crippen molar-refractivity contribution >= 4 is 59.0 Å². The molecule has 4 aromatic rings. The largest absolute Gasteiger partial charge is 0.464 e. The van der Waals surface area contributed by atoms with Gasteiger partial charge in [-0.2, -0.15) is 5.10 Å². The Morgan fingerprint density at radius 3 is 2.45 bits per heavy atom. The molecule has 42 heavy (non-hydrogen) atoms. The molecule has 1 unspecified atom stereocenters. The van der Waals surface area contributed by atoms with E-state index in [0.29, 0.717) is 42.8 Å². The van der Waals surface area contributed by atoms with Crippen LogP contribution in [0.5, 0.6) is 0 Å². The molecule has 0 saturated heterocycles. The van der Waals surface area contributed by atoms with Gasteiger partial charge in [0, 0.05) is 45.1 Å². The van der Waals surface area contributed by atoms with Crippen molar-refractivity contribution in [3.63, 3.8) is 0 Å². The fourth-order valence-electron chi connectivity index (χ4n) is 5.45. The molecule has 1 N–H and O–H groups in total. The number of rotatable bonds is 8. The van der Waals surface area contributed by atoms with Crippen LogP contribution < -0.4 is 15.4 Å². The third-order valence-corrected chi connectivity index (χ3v) is 7.93. The Balaban J connectivity index is 0.00000242. The topological polar surface area (TPSA) is 108 Å². The first-order valence-corrected chi connectivity index (χ1v) is 13.6. The number of hydrogen-bond donors (Lipinski definition) is 1. The minimum atomic E-state index is -1.16. The van der Waals surface area contributed by atoms with Crippen molar-refractivity contribution < 1.29 is 14.0 Å². The number of carbonyl (C=O) groups excluding carboxylic acids is 2. The number of H-pyrrole nitrogens is 1. The molecule has 0 aliphatic carbocycles. The normalized spacial score (nSPS) is 15.3. The first kappa shape index (κ1) is 32.9. The maximum absolute atomic E-state index is 13.3. The molecule has 10 nitrogen and oxygen atoms in total. The molecule has 0 spiro atoms. The summed E-state index contributed by atoms with van der Waals surface area (Å²) < 4.78 is 7.07. The fraction of sp³-hybridized carbons (Fsp3) is 0.400. The van der Waals surface area contributed by atoms with E-state index >= 15 is 0 Å². The molecule has 3 aromatic heterocycles. The molecule has 226 valence electrons. The van der Waals surface area contributed by atoms with Crippen LogP contribution in [0.3, 0.4) is 0 Å². The second kappa shape index (κ2) is 12.7. The number of hydrogen-bond acceptors (Lipinski definition) is 6. The molecule has 0 bridgehead atoms. The van der Waals surface area contributed by atoms with Gasteiger partial charge in [-0.25, -0.2) is 0 Å². The first-order valence-electron chi connectivity index (χ1n) is 13.6. The van der Waals surface area contributed by atoms with Gasteiger partial charge >= 0.3 is 0 Å². The summed E-state index contributed by atoms with van der Waals surface area (Å²) in [5.41, 5.74) is 3.61. The number of benzene rings is 1. The van der Waals surface area contributed by atoms with Gasteiger partial charge in [-0.15, -0.1) is 24.8 Å². The van der Waals surface area contributed by atoms with E-state index in [1.54, 1.807) is 47.5 Å². The van der Waals surface area contributed by atoms with E-state index in [4.69, 9.17) is 4.42 Å². The van der Waals surface area contributed by atoms with Crippen LogP contribution in [0.15, 0.2) is 58.1 Å². The highest BCUT2D eigenvalue weighted by Crippen LogP contribution is 2.39. The fourth-order valence-corrected chi connectivity index (χ4v) is 5.45. The second-order valence-corrected chi connectivity index (χ2v) is 11.0. The molecule has 0 fully saturated rings. The zero-order valence-corrected chi connectivity index (χ0v) is 26.3.